The van der Waals surface area contributed by atoms with Gasteiger partial charge in [0.05, 0.1) is 19.1 Å². The van der Waals surface area contributed by atoms with Gasteiger partial charge in [-0.15, -0.1) is 24.0 Å². The average molecular weight is 509 g/mol. The summed E-state index contributed by atoms with van der Waals surface area (Å²) in [5.74, 6) is 0.827. The highest BCUT2D eigenvalue weighted by Gasteiger charge is 2.28. The number of carbonyl (C=O) groups is 1. The highest BCUT2D eigenvalue weighted by molar-refractivity contribution is 14.0. The topological polar surface area (TPSA) is 60.4 Å². The Hall–Kier alpha value is -0.610. The molecule has 0 spiro atoms. The Bertz CT molecular complexity index is 483. The second kappa shape index (κ2) is 13.6. The van der Waals surface area contributed by atoms with E-state index in [1.54, 1.807) is 0 Å². The SMILES string of the molecule is CCNC(=NCC(C)N1CCN(CC)CC1)N1CCCC(C(=O)OCC)C1.I. The van der Waals surface area contributed by atoms with E-state index in [0.717, 1.165) is 71.2 Å². The van der Waals surface area contributed by atoms with Crippen molar-refractivity contribution in [1.82, 2.24) is 20.0 Å². The monoisotopic (exact) mass is 509 g/mol. The fourth-order valence-electron chi connectivity index (χ4n) is 3.90. The van der Waals surface area contributed by atoms with Crippen molar-refractivity contribution in [2.24, 2.45) is 10.9 Å². The Labute approximate surface area is 188 Å². The van der Waals surface area contributed by atoms with Crippen LogP contribution in [0.5, 0.6) is 0 Å². The van der Waals surface area contributed by atoms with Gasteiger partial charge in [0.2, 0.25) is 0 Å². The number of halogens is 1. The molecule has 2 aliphatic heterocycles. The summed E-state index contributed by atoms with van der Waals surface area (Å²) in [6.45, 7) is 17.9. The number of piperazine rings is 1. The van der Waals surface area contributed by atoms with Gasteiger partial charge in [-0.25, -0.2) is 0 Å². The van der Waals surface area contributed by atoms with Crippen LogP contribution in [0.4, 0.5) is 0 Å². The molecule has 1 N–H and O–H groups in total. The zero-order valence-corrected chi connectivity index (χ0v) is 20.5. The second-order valence-corrected chi connectivity index (χ2v) is 7.55. The molecule has 0 radical (unpaired) electrons. The number of guanidine groups is 1. The number of hydrogen-bond donors (Lipinski definition) is 1. The summed E-state index contributed by atoms with van der Waals surface area (Å²) in [5.41, 5.74) is 0. The smallest absolute Gasteiger partial charge is 0.310 e. The number of piperidine rings is 1. The predicted molar refractivity (Wildman–Crippen MR) is 125 cm³/mol. The number of nitrogens with zero attached hydrogens (tertiary/aromatic N) is 4. The van der Waals surface area contributed by atoms with Gasteiger partial charge in [0.15, 0.2) is 5.96 Å². The van der Waals surface area contributed by atoms with Gasteiger partial charge in [-0.1, -0.05) is 6.92 Å². The molecule has 2 heterocycles. The number of carbonyl (C=O) groups excluding carboxylic acids is 1. The van der Waals surface area contributed by atoms with Gasteiger partial charge in [0, 0.05) is 51.9 Å². The highest BCUT2D eigenvalue weighted by Crippen LogP contribution is 2.18. The normalized spacial score (nSPS) is 23.1. The Morgan fingerprint density at radius 2 is 1.89 bits per heavy atom. The van der Waals surface area contributed by atoms with Crippen molar-refractivity contribution in [3.8, 4) is 0 Å². The van der Waals surface area contributed by atoms with Crippen LogP contribution in [0.1, 0.15) is 40.5 Å². The molecule has 0 saturated carbocycles. The number of ether oxygens (including phenoxy) is 1. The van der Waals surface area contributed by atoms with Crippen LogP contribution in [0, 0.1) is 5.92 Å². The molecular formula is C20H40IN5O2. The molecule has 2 saturated heterocycles. The first-order valence-electron chi connectivity index (χ1n) is 10.7. The summed E-state index contributed by atoms with van der Waals surface area (Å²) in [7, 11) is 0. The second-order valence-electron chi connectivity index (χ2n) is 7.55. The van der Waals surface area contributed by atoms with Gasteiger partial charge in [-0.2, -0.15) is 0 Å². The molecule has 2 fully saturated rings. The van der Waals surface area contributed by atoms with E-state index in [2.05, 4.69) is 40.8 Å². The lowest BCUT2D eigenvalue weighted by Crippen LogP contribution is -2.51. The maximum atomic E-state index is 12.1. The number of hydrogen-bond acceptors (Lipinski definition) is 5. The summed E-state index contributed by atoms with van der Waals surface area (Å²) < 4.78 is 5.23. The minimum atomic E-state index is -0.0692. The summed E-state index contributed by atoms with van der Waals surface area (Å²) in [6.07, 6.45) is 1.91. The molecule has 7 nitrogen and oxygen atoms in total. The summed E-state index contributed by atoms with van der Waals surface area (Å²) in [4.78, 5) is 24.3. The molecule has 28 heavy (non-hydrogen) atoms. The van der Waals surface area contributed by atoms with Crippen molar-refractivity contribution in [3.05, 3.63) is 0 Å². The number of esters is 1. The number of likely N-dealkylation sites (N-methyl/N-ethyl adjacent to an activating group) is 1. The summed E-state index contributed by atoms with van der Waals surface area (Å²) >= 11 is 0. The van der Waals surface area contributed by atoms with Crippen LogP contribution < -0.4 is 5.32 Å². The van der Waals surface area contributed by atoms with Gasteiger partial charge in [-0.3, -0.25) is 14.7 Å². The third kappa shape index (κ3) is 7.67. The van der Waals surface area contributed by atoms with E-state index >= 15 is 0 Å². The molecule has 0 aromatic heterocycles. The highest BCUT2D eigenvalue weighted by atomic mass is 127. The molecule has 0 aliphatic carbocycles. The molecule has 2 unspecified atom stereocenters. The van der Waals surface area contributed by atoms with E-state index in [9.17, 15) is 4.79 Å². The van der Waals surface area contributed by atoms with Crippen LogP contribution in [-0.4, -0.2) is 98.2 Å². The van der Waals surface area contributed by atoms with Gasteiger partial charge in [0.1, 0.15) is 0 Å². The summed E-state index contributed by atoms with van der Waals surface area (Å²) in [5, 5.41) is 3.42. The van der Waals surface area contributed by atoms with Crippen LogP contribution >= 0.6 is 24.0 Å². The van der Waals surface area contributed by atoms with Gasteiger partial charge in [0.25, 0.3) is 0 Å². The molecule has 0 aromatic rings. The maximum absolute atomic E-state index is 12.1. The van der Waals surface area contributed by atoms with Crippen molar-refractivity contribution in [1.29, 1.82) is 0 Å². The molecule has 2 rings (SSSR count). The molecule has 8 heteroatoms. The summed E-state index contributed by atoms with van der Waals surface area (Å²) in [6, 6.07) is 0.434. The number of nitrogens with one attached hydrogen (secondary N) is 1. The molecule has 2 aliphatic rings. The van der Waals surface area contributed by atoms with Crippen molar-refractivity contribution >= 4 is 35.9 Å². The van der Waals surface area contributed by atoms with Crippen LogP contribution in [0.15, 0.2) is 4.99 Å². The maximum Gasteiger partial charge on any atom is 0.310 e. The number of likely N-dealkylation sites (tertiary alicyclic amines) is 1. The lowest BCUT2D eigenvalue weighted by molar-refractivity contribution is -0.149. The Balaban J connectivity index is 0.00000392. The lowest BCUT2D eigenvalue weighted by atomic mass is 9.98. The Kier molecular flexibility index (Phi) is 12.3. The fraction of sp³-hybridized carbons (Fsp3) is 0.900. The van der Waals surface area contributed by atoms with Crippen LogP contribution in [0.2, 0.25) is 0 Å². The quantitative estimate of drug-likeness (QED) is 0.245. The van der Waals surface area contributed by atoms with Gasteiger partial charge in [-0.05, 0) is 40.2 Å². The van der Waals surface area contributed by atoms with E-state index in [1.807, 2.05) is 6.92 Å². The Morgan fingerprint density at radius 1 is 1.18 bits per heavy atom. The largest absolute Gasteiger partial charge is 0.466 e. The minimum absolute atomic E-state index is 0. The predicted octanol–water partition coefficient (Wildman–Crippen LogP) is 1.87. The van der Waals surface area contributed by atoms with Crippen molar-refractivity contribution in [2.75, 3.05) is 65.5 Å². The van der Waals surface area contributed by atoms with Crippen LogP contribution in [0.3, 0.4) is 0 Å². The lowest BCUT2D eigenvalue weighted by Gasteiger charge is -2.37. The van der Waals surface area contributed by atoms with Crippen molar-refractivity contribution in [3.63, 3.8) is 0 Å². The molecule has 2 atom stereocenters. The first-order chi connectivity index (χ1) is 13.1. The molecule has 0 amide bonds. The zero-order valence-electron chi connectivity index (χ0n) is 18.2. The first-order valence-corrected chi connectivity index (χ1v) is 10.7. The average Bonchev–Trinajstić information content (AvgIpc) is 2.71. The van der Waals surface area contributed by atoms with E-state index < -0.39 is 0 Å². The van der Waals surface area contributed by atoms with Crippen LogP contribution in [0.25, 0.3) is 0 Å². The van der Waals surface area contributed by atoms with Gasteiger partial charge < -0.3 is 19.9 Å². The van der Waals surface area contributed by atoms with Gasteiger partial charge >= 0.3 is 5.97 Å². The zero-order chi connectivity index (χ0) is 19.6. The molecular weight excluding hydrogens is 469 g/mol. The van der Waals surface area contributed by atoms with Crippen molar-refractivity contribution < 1.29 is 9.53 Å². The Morgan fingerprint density at radius 3 is 2.50 bits per heavy atom. The van der Waals surface area contributed by atoms with Crippen LogP contribution in [-0.2, 0) is 9.53 Å². The molecule has 0 bridgehead atoms. The minimum Gasteiger partial charge on any atom is -0.466 e. The third-order valence-corrected chi connectivity index (χ3v) is 5.66. The standard InChI is InChI=1S/C20H39N5O2.HI/c1-5-21-20(25-10-8-9-18(16-25)19(26)27-7-3)22-15-17(4)24-13-11-23(6-2)12-14-24;/h17-18H,5-16H2,1-4H3,(H,21,22);1H. The van der Waals surface area contributed by atoms with Crippen molar-refractivity contribution in [2.45, 2.75) is 46.6 Å². The van der Waals surface area contributed by atoms with E-state index in [1.165, 1.54) is 0 Å². The number of rotatable bonds is 7. The fourth-order valence-corrected chi connectivity index (χ4v) is 3.90. The number of aliphatic imine (C=N–C) groups is 1. The molecule has 0 aromatic carbocycles. The first kappa shape index (κ1) is 25.4. The van der Waals surface area contributed by atoms with E-state index in [0.29, 0.717) is 19.2 Å². The molecule has 164 valence electrons. The third-order valence-electron chi connectivity index (χ3n) is 5.66. The van der Waals surface area contributed by atoms with E-state index in [4.69, 9.17) is 9.73 Å². The van der Waals surface area contributed by atoms with E-state index in [-0.39, 0.29) is 35.9 Å².